The maximum Gasteiger partial charge on any atom is 0.170 e. The van der Waals surface area contributed by atoms with Crippen molar-refractivity contribution in [2.75, 3.05) is 20.3 Å². The number of pyridine rings is 1. The number of rotatable bonds is 7. The van der Waals surface area contributed by atoms with Gasteiger partial charge in [-0.2, -0.15) is 0 Å². The van der Waals surface area contributed by atoms with E-state index in [9.17, 15) is 4.39 Å². The second-order valence-corrected chi connectivity index (χ2v) is 7.34. The smallest absolute Gasteiger partial charge is 0.170 e. The highest BCUT2D eigenvalue weighted by atomic mass is 32.1. The molecule has 1 fully saturated rings. The molecular formula is C22H23FN4OS. The molecule has 4 rings (SSSR count). The van der Waals surface area contributed by atoms with Gasteiger partial charge >= 0.3 is 0 Å². The number of thiocarbonyl (C=S) groups is 1. The van der Waals surface area contributed by atoms with E-state index in [0.717, 1.165) is 30.0 Å². The zero-order chi connectivity index (χ0) is 20.2. The highest BCUT2D eigenvalue weighted by molar-refractivity contribution is 7.80. The second-order valence-electron chi connectivity index (χ2n) is 6.95. The average molecular weight is 411 g/mol. The maximum atomic E-state index is 13.9. The Morgan fingerprint density at radius 2 is 2.07 bits per heavy atom. The van der Waals surface area contributed by atoms with Crippen LogP contribution in [0.4, 0.5) is 4.39 Å². The largest absolute Gasteiger partial charge is 0.385 e. The number of methoxy groups -OCH3 is 1. The lowest BCUT2D eigenvalue weighted by Gasteiger charge is -2.29. The zero-order valence-corrected chi connectivity index (χ0v) is 17.0. The lowest BCUT2D eigenvalue weighted by atomic mass is 10.0. The van der Waals surface area contributed by atoms with Crippen LogP contribution in [0.3, 0.4) is 0 Å². The van der Waals surface area contributed by atoms with E-state index >= 15 is 0 Å². The van der Waals surface area contributed by atoms with Crippen LogP contribution < -0.4 is 5.32 Å². The quantitative estimate of drug-likeness (QED) is 0.471. The first-order chi connectivity index (χ1) is 14.2. The summed E-state index contributed by atoms with van der Waals surface area (Å²) in [5.41, 5.74) is 2.72. The predicted octanol–water partition coefficient (Wildman–Crippen LogP) is 4.02. The molecule has 1 saturated heterocycles. The average Bonchev–Trinajstić information content (AvgIpc) is 3.33. The molecule has 0 spiro atoms. The third-order valence-electron chi connectivity index (χ3n) is 5.11. The van der Waals surface area contributed by atoms with Crippen LogP contribution in [0.5, 0.6) is 0 Å². The molecule has 3 aromatic rings. The first-order valence-corrected chi connectivity index (χ1v) is 10.00. The minimum absolute atomic E-state index is 0.0764. The molecule has 150 valence electrons. The maximum absolute atomic E-state index is 13.9. The topological polar surface area (TPSA) is 42.3 Å². The lowest BCUT2D eigenvalue weighted by molar-refractivity contribution is 0.180. The molecule has 3 heterocycles. The standard InChI is InChI=1S/C22H23FN4OS/c1-28-14-6-13-27-21(20(25-22(27)29)18-9-2-3-11-24-18)19-10-5-12-26(19)17-8-4-7-16(23)15-17/h2-5,7-12,15,20-21H,6,13-14H2,1H3,(H,25,29)/t20-,21-/m1/s1. The van der Waals surface area contributed by atoms with Crippen molar-refractivity contribution in [1.82, 2.24) is 19.8 Å². The van der Waals surface area contributed by atoms with Gasteiger partial charge in [-0.15, -0.1) is 0 Å². The van der Waals surface area contributed by atoms with Crippen LogP contribution in [-0.2, 0) is 4.74 Å². The van der Waals surface area contributed by atoms with Crippen LogP contribution in [-0.4, -0.2) is 39.8 Å². The third-order valence-corrected chi connectivity index (χ3v) is 5.47. The molecule has 0 bridgehead atoms. The monoisotopic (exact) mass is 410 g/mol. The van der Waals surface area contributed by atoms with Gasteiger partial charge in [-0.3, -0.25) is 4.98 Å². The molecule has 2 aromatic heterocycles. The Hall–Kier alpha value is -2.77. The van der Waals surface area contributed by atoms with Gasteiger partial charge in [0.25, 0.3) is 0 Å². The number of nitrogens with one attached hydrogen (secondary N) is 1. The summed E-state index contributed by atoms with van der Waals surface area (Å²) in [6, 6.07) is 16.3. The van der Waals surface area contributed by atoms with Crippen molar-refractivity contribution in [3.63, 3.8) is 0 Å². The fourth-order valence-corrected chi connectivity index (χ4v) is 4.18. The Labute approximate surface area is 175 Å². The van der Waals surface area contributed by atoms with Gasteiger partial charge in [0.1, 0.15) is 5.82 Å². The van der Waals surface area contributed by atoms with Gasteiger partial charge in [-0.1, -0.05) is 12.1 Å². The molecule has 0 aliphatic carbocycles. The Kier molecular flexibility index (Phi) is 5.87. The summed E-state index contributed by atoms with van der Waals surface area (Å²) in [4.78, 5) is 6.74. The summed E-state index contributed by atoms with van der Waals surface area (Å²) in [5, 5.41) is 4.13. The predicted molar refractivity (Wildman–Crippen MR) is 114 cm³/mol. The van der Waals surface area contributed by atoms with Crippen molar-refractivity contribution in [1.29, 1.82) is 0 Å². The van der Waals surface area contributed by atoms with Crippen LogP contribution in [0.25, 0.3) is 5.69 Å². The number of benzene rings is 1. The summed E-state index contributed by atoms with van der Waals surface area (Å²) in [6.07, 6.45) is 4.59. The Bertz CT molecular complexity index is 978. The molecular weight excluding hydrogens is 387 g/mol. The molecule has 5 nitrogen and oxygen atoms in total. The van der Waals surface area contributed by atoms with Crippen LogP contribution >= 0.6 is 12.2 Å². The summed E-state index contributed by atoms with van der Waals surface area (Å²) < 4.78 is 21.1. The van der Waals surface area contributed by atoms with E-state index in [1.807, 2.05) is 41.1 Å². The van der Waals surface area contributed by atoms with Crippen molar-refractivity contribution >= 4 is 17.3 Å². The van der Waals surface area contributed by atoms with Crippen molar-refractivity contribution in [3.8, 4) is 5.69 Å². The molecule has 1 aliphatic rings. The minimum Gasteiger partial charge on any atom is -0.385 e. The van der Waals surface area contributed by atoms with Gasteiger partial charge in [0.2, 0.25) is 0 Å². The Balaban J connectivity index is 1.76. The normalized spacial score (nSPS) is 18.8. The van der Waals surface area contributed by atoms with Gasteiger partial charge in [-0.25, -0.2) is 4.39 Å². The van der Waals surface area contributed by atoms with Crippen LogP contribution in [0.15, 0.2) is 67.0 Å². The molecule has 0 saturated carbocycles. The lowest BCUT2D eigenvalue weighted by Crippen LogP contribution is -2.32. The number of aromatic nitrogens is 2. The number of hydrogen-bond acceptors (Lipinski definition) is 3. The summed E-state index contributed by atoms with van der Waals surface area (Å²) in [6.45, 7) is 1.41. The van der Waals surface area contributed by atoms with Gasteiger partial charge in [-0.05, 0) is 61.1 Å². The molecule has 7 heteroatoms. The highest BCUT2D eigenvalue weighted by Gasteiger charge is 2.40. The van der Waals surface area contributed by atoms with E-state index < -0.39 is 0 Å². The van der Waals surface area contributed by atoms with E-state index in [1.54, 1.807) is 19.4 Å². The Morgan fingerprint density at radius 3 is 2.83 bits per heavy atom. The van der Waals surface area contributed by atoms with Crippen molar-refractivity contribution in [3.05, 3.63) is 84.2 Å². The van der Waals surface area contributed by atoms with Gasteiger partial charge in [0.05, 0.1) is 17.8 Å². The van der Waals surface area contributed by atoms with Gasteiger partial charge < -0.3 is 19.5 Å². The molecule has 2 atom stereocenters. The fourth-order valence-electron chi connectivity index (χ4n) is 3.84. The Morgan fingerprint density at radius 1 is 1.17 bits per heavy atom. The van der Waals surface area contributed by atoms with E-state index in [-0.39, 0.29) is 17.9 Å². The molecule has 0 radical (unpaired) electrons. The van der Waals surface area contributed by atoms with E-state index in [4.69, 9.17) is 17.0 Å². The van der Waals surface area contributed by atoms with Crippen molar-refractivity contribution < 1.29 is 9.13 Å². The van der Waals surface area contributed by atoms with E-state index in [2.05, 4.69) is 21.3 Å². The van der Waals surface area contributed by atoms with Crippen molar-refractivity contribution in [2.45, 2.75) is 18.5 Å². The van der Waals surface area contributed by atoms with E-state index in [0.29, 0.717) is 11.7 Å². The van der Waals surface area contributed by atoms with Gasteiger partial charge in [0.15, 0.2) is 5.11 Å². The number of ether oxygens (including phenoxy) is 1. The molecule has 0 amide bonds. The molecule has 1 aliphatic heterocycles. The number of halogens is 1. The second kappa shape index (κ2) is 8.71. The molecule has 29 heavy (non-hydrogen) atoms. The van der Waals surface area contributed by atoms with Gasteiger partial charge in [0, 0.05) is 44.0 Å². The minimum atomic E-state index is -0.263. The number of nitrogens with zero attached hydrogens (tertiary/aromatic N) is 3. The molecule has 1 aromatic carbocycles. The third kappa shape index (κ3) is 4.02. The fraction of sp³-hybridized carbons (Fsp3) is 0.273. The molecule has 1 N–H and O–H groups in total. The highest BCUT2D eigenvalue weighted by Crippen LogP contribution is 2.39. The van der Waals surface area contributed by atoms with Crippen LogP contribution in [0.1, 0.15) is 29.9 Å². The first kappa shape index (κ1) is 19.5. The summed E-state index contributed by atoms with van der Waals surface area (Å²) >= 11 is 5.68. The summed E-state index contributed by atoms with van der Waals surface area (Å²) in [5.74, 6) is -0.263. The van der Waals surface area contributed by atoms with E-state index in [1.165, 1.54) is 12.1 Å². The first-order valence-electron chi connectivity index (χ1n) is 9.59. The zero-order valence-electron chi connectivity index (χ0n) is 16.2. The molecule has 0 unspecified atom stereocenters. The van der Waals surface area contributed by atoms with Crippen LogP contribution in [0, 0.1) is 5.82 Å². The van der Waals surface area contributed by atoms with Crippen molar-refractivity contribution in [2.24, 2.45) is 0 Å². The SMILES string of the molecule is COCCCN1C(=S)N[C@H](c2ccccn2)[C@H]1c1cccn1-c1cccc(F)c1. The van der Waals surface area contributed by atoms with Crippen LogP contribution in [0.2, 0.25) is 0 Å². The number of hydrogen-bond donors (Lipinski definition) is 1. The summed E-state index contributed by atoms with van der Waals surface area (Å²) in [7, 11) is 1.70.